The van der Waals surface area contributed by atoms with Crippen molar-refractivity contribution in [1.29, 1.82) is 0 Å². The van der Waals surface area contributed by atoms with Gasteiger partial charge in [0.05, 0.1) is 24.4 Å². The number of piperidine rings is 1. The Hall–Kier alpha value is -1.98. The highest BCUT2D eigenvalue weighted by molar-refractivity contribution is 5.68. The monoisotopic (exact) mass is 415 g/mol. The van der Waals surface area contributed by atoms with Crippen LogP contribution in [0.4, 0.5) is 31.1 Å². The van der Waals surface area contributed by atoms with Crippen LogP contribution in [0.5, 0.6) is 0 Å². The molecule has 158 valence electrons. The molecule has 1 atom stereocenters. The van der Waals surface area contributed by atoms with Crippen LogP contribution in [0.2, 0.25) is 0 Å². The van der Waals surface area contributed by atoms with Gasteiger partial charge in [-0.05, 0) is 31.1 Å². The minimum atomic E-state index is -4.85. The van der Waals surface area contributed by atoms with Crippen LogP contribution in [0.3, 0.4) is 0 Å². The maximum Gasteiger partial charge on any atom is 0.427 e. The first-order valence-corrected chi connectivity index (χ1v) is 8.68. The number of ether oxygens (including phenoxy) is 1. The molecule has 1 aliphatic carbocycles. The third-order valence-corrected chi connectivity index (χ3v) is 5.50. The van der Waals surface area contributed by atoms with Gasteiger partial charge in [-0.2, -0.15) is 31.4 Å². The van der Waals surface area contributed by atoms with Gasteiger partial charge in [-0.25, -0.2) is 4.79 Å². The number of carbonyl (C=O) groups is 1. The first kappa shape index (κ1) is 20.7. The molecule has 0 aromatic carbocycles. The van der Waals surface area contributed by atoms with E-state index in [1.54, 1.807) is 0 Å². The SMILES string of the molecule is O=C(O[C@H](CO)C(F)(F)F)N1CCC2(CC1)CC(n1cc(C(F)(F)F)cn1)C2. The predicted molar refractivity (Wildman–Crippen MR) is 82.1 cm³/mol. The minimum absolute atomic E-state index is 0.161. The third-order valence-electron chi connectivity index (χ3n) is 5.50. The number of hydrogen-bond acceptors (Lipinski definition) is 4. The first-order valence-electron chi connectivity index (χ1n) is 8.68. The Balaban J connectivity index is 1.50. The molecule has 0 bridgehead atoms. The number of amides is 1. The second kappa shape index (κ2) is 7.12. The number of nitrogens with zero attached hydrogens (tertiary/aromatic N) is 3. The van der Waals surface area contributed by atoms with E-state index in [0.29, 0.717) is 25.7 Å². The molecule has 6 nitrogen and oxygen atoms in total. The molecule has 12 heteroatoms. The van der Waals surface area contributed by atoms with Gasteiger partial charge in [0.15, 0.2) is 0 Å². The van der Waals surface area contributed by atoms with Crippen molar-refractivity contribution in [2.75, 3.05) is 19.7 Å². The Morgan fingerprint density at radius 3 is 2.32 bits per heavy atom. The Labute approximate surface area is 156 Å². The molecule has 1 aromatic heterocycles. The standard InChI is InChI=1S/C16H19F6N3O3/c17-15(18,19)10-7-23-25(8-10)11-5-14(6-11)1-3-24(4-2-14)13(27)28-12(9-26)16(20,21)22/h7-8,11-12,26H,1-6,9H2/t12-/m1/s1. The van der Waals surface area contributed by atoms with E-state index < -0.39 is 36.7 Å². The van der Waals surface area contributed by atoms with E-state index in [4.69, 9.17) is 5.11 Å². The van der Waals surface area contributed by atoms with E-state index in [-0.39, 0.29) is 24.5 Å². The van der Waals surface area contributed by atoms with Gasteiger partial charge in [-0.1, -0.05) is 0 Å². The van der Waals surface area contributed by atoms with Gasteiger partial charge in [0.25, 0.3) is 0 Å². The summed E-state index contributed by atoms with van der Waals surface area (Å²) in [4.78, 5) is 13.0. The van der Waals surface area contributed by atoms with Gasteiger partial charge in [-0.3, -0.25) is 4.68 Å². The van der Waals surface area contributed by atoms with Gasteiger partial charge in [0, 0.05) is 19.3 Å². The molecule has 2 heterocycles. The number of hydrogen-bond donors (Lipinski definition) is 1. The van der Waals surface area contributed by atoms with Crippen LogP contribution >= 0.6 is 0 Å². The van der Waals surface area contributed by atoms with E-state index >= 15 is 0 Å². The molecule has 1 saturated carbocycles. The fraction of sp³-hybridized carbons (Fsp3) is 0.750. The summed E-state index contributed by atoms with van der Waals surface area (Å²) in [6.45, 7) is -0.971. The first-order chi connectivity index (χ1) is 12.9. The smallest absolute Gasteiger partial charge is 0.427 e. The molecule has 1 N–H and O–H groups in total. The van der Waals surface area contributed by atoms with Crippen molar-refractivity contribution in [3.05, 3.63) is 18.0 Å². The van der Waals surface area contributed by atoms with Crippen molar-refractivity contribution in [2.24, 2.45) is 5.41 Å². The van der Waals surface area contributed by atoms with Gasteiger partial charge < -0.3 is 14.7 Å². The van der Waals surface area contributed by atoms with Crippen molar-refractivity contribution in [3.8, 4) is 0 Å². The average Bonchev–Trinajstić information content (AvgIpc) is 3.06. The molecule has 1 saturated heterocycles. The van der Waals surface area contributed by atoms with Crippen LogP contribution in [0.1, 0.15) is 37.3 Å². The van der Waals surface area contributed by atoms with Gasteiger partial charge in [-0.15, -0.1) is 0 Å². The van der Waals surface area contributed by atoms with Crippen molar-refractivity contribution in [1.82, 2.24) is 14.7 Å². The molecule has 1 aliphatic heterocycles. The molecule has 1 amide bonds. The largest absolute Gasteiger partial charge is 0.434 e. The molecule has 3 rings (SSSR count). The van der Waals surface area contributed by atoms with E-state index in [1.807, 2.05) is 0 Å². The highest BCUT2D eigenvalue weighted by Crippen LogP contribution is 2.54. The van der Waals surface area contributed by atoms with Crippen molar-refractivity contribution in [3.63, 3.8) is 0 Å². The molecule has 0 unspecified atom stereocenters. The number of alkyl halides is 6. The van der Waals surface area contributed by atoms with E-state index in [9.17, 15) is 31.1 Å². The molecular formula is C16H19F6N3O3. The number of aliphatic hydroxyl groups is 1. The van der Waals surface area contributed by atoms with Crippen molar-refractivity contribution < 1.29 is 41.0 Å². The summed E-state index contributed by atoms with van der Waals surface area (Å²) in [5.41, 5.74) is -0.972. The third kappa shape index (κ3) is 4.20. The summed E-state index contributed by atoms with van der Waals surface area (Å²) in [6.07, 6.45) is -9.03. The lowest BCUT2D eigenvalue weighted by atomic mass is 9.60. The van der Waals surface area contributed by atoms with E-state index in [0.717, 1.165) is 17.3 Å². The maximum absolute atomic E-state index is 12.7. The maximum atomic E-state index is 12.7. The normalized spacial score (nSPS) is 21.5. The Bertz CT molecular complexity index is 701. The van der Waals surface area contributed by atoms with Gasteiger partial charge >= 0.3 is 18.4 Å². The van der Waals surface area contributed by atoms with Crippen LogP contribution in [0.15, 0.2) is 12.4 Å². The van der Waals surface area contributed by atoms with Crippen LogP contribution in [-0.4, -0.2) is 57.9 Å². The van der Waals surface area contributed by atoms with E-state index in [1.165, 1.54) is 4.68 Å². The van der Waals surface area contributed by atoms with Gasteiger partial charge in [0.2, 0.25) is 6.10 Å². The number of carbonyl (C=O) groups excluding carboxylic acids is 1. The molecule has 0 radical (unpaired) electrons. The number of rotatable bonds is 3. The van der Waals surface area contributed by atoms with Crippen LogP contribution in [0, 0.1) is 5.41 Å². The van der Waals surface area contributed by atoms with Crippen LogP contribution < -0.4 is 0 Å². The fourth-order valence-electron chi connectivity index (χ4n) is 3.79. The summed E-state index contributed by atoms with van der Waals surface area (Å²) >= 11 is 0. The summed E-state index contributed by atoms with van der Waals surface area (Å²) in [7, 11) is 0. The molecule has 1 spiro atoms. The Morgan fingerprint density at radius 1 is 1.25 bits per heavy atom. The van der Waals surface area contributed by atoms with Crippen LogP contribution in [0.25, 0.3) is 0 Å². The highest BCUT2D eigenvalue weighted by Gasteiger charge is 2.49. The Morgan fingerprint density at radius 2 is 1.86 bits per heavy atom. The average molecular weight is 415 g/mol. The summed E-state index contributed by atoms with van der Waals surface area (Å²) in [6, 6.07) is -0.168. The van der Waals surface area contributed by atoms with Crippen LogP contribution in [-0.2, 0) is 10.9 Å². The zero-order valence-electron chi connectivity index (χ0n) is 14.6. The number of halogens is 6. The second-order valence-corrected chi connectivity index (χ2v) is 7.35. The molecular weight excluding hydrogens is 396 g/mol. The van der Waals surface area contributed by atoms with E-state index in [2.05, 4.69) is 9.84 Å². The second-order valence-electron chi connectivity index (χ2n) is 7.35. The topological polar surface area (TPSA) is 67.6 Å². The lowest BCUT2D eigenvalue weighted by Gasteiger charge is -2.51. The Kier molecular flexibility index (Phi) is 5.28. The quantitative estimate of drug-likeness (QED) is 0.769. The summed E-state index contributed by atoms with van der Waals surface area (Å²) in [5, 5.41) is 12.5. The lowest BCUT2D eigenvalue weighted by Crippen LogP contribution is -2.50. The zero-order valence-corrected chi connectivity index (χ0v) is 14.6. The number of aliphatic hydroxyl groups excluding tert-OH is 1. The molecule has 2 fully saturated rings. The summed E-state index contributed by atoms with van der Waals surface area (Å²) < 4.78 is 81.3. The van der Waals surface area contributed by atoms with Gasteiger partial charge in [0.1, 0.15) is 0 Å². The van der Waals surface area contributed by atoms with Crippen molar-refractivity contribution in [2.45, 2.75) is 50.2 Å². The lowest BCUT2D eigenvalue weighted by molar-refractivity contribution is -0.215. The highest BCUT2D eigenvalue weighted by atomic mass is 19.4. The zero-order chi connectivity index (χ0) is 20.7. The molecule has 1 aromatic rings. The number of aromatic nitrogens is 2. The summed E-state index contributed by atoms with van der Waals surface area (Å²) in [5.74, 6) is 0. The molecule has 28 heavy (non-hydrogen) atoms. The van der Waals surface area contributed by atoms with Crippen molar-refractivity contribution >= 4 is 6.09 Å². The predicted octanol–water partition coefficient (Wildman–Crippen LogP) is 3.38. The number of likely N-dealkylation sites (tertiary alicyclic amines) is 1. The minimum Gasteiger partial charge on any atom is -0.434 e. The fourth-order valence-corrected chi connectivity index (χ4v) is 3.79. The molecule has 2 aliphatic rings.